The highest BCUT2D eigenvalue weighted by Crippen LogP contribution is 2.35. The Hall–Kier alpha value is -0.650. The van der Waals surface area contributed by atoms with Gasteiger partial charge in [-0.15, -0.1) is 0 Å². The van der Waals surface area contributed by atoms with Crippen LogP contribution in [0.3, 0.4) is 0 Å². The summed E-state index contributed by atoms with van der Waals surface area (Å²) in [6.45, 7) is 0. The number of aromatic nitrogens is 2. The van der Waals surface area contributed by atoms with E-state index >= 15 is 0 Å². The number of alkyl halides is 3. The second-order valence-corrected chi connectivity index (χ2v) is 2.90. The molecule has 0 aliphatic rings. The maximum Gasteiger partial charge on any atom is 0.449 e. The van der Waals surface area contributed by atoms with Crippen molar-refractivity contribution in [2.75, 3.05) is 0 Å². The molecule has 2 nitrogen and oxygen atoms in total. The number of imidazole rings is 1. The van der Waals surface area contributed by atoms with E-state index in [9.17, 15) is 13.2 Å². The Morgan fingerprint density at radius 2 is 2.18 bits per heavy atom. The minimum Gasteiger partial charge on any atom is -0.329 e. The van der Waals surface area contributed by atoms with Crippen LogP contribution in [-0.2, 0) is 7.05 Å². The average Bonchev–Trinajstić information content (AvgIpc) is 2.12. The molecular weight excluding hydrogens is 177 g/mol. The van der Waals surface area contributed by atoms with Crippen LogP contribution in [0.15, 0.2) is 17.6 Å². The van der Waals surface area contributed by atoms with Crippen LogP contribution in [0, 0.1) is 0 Å². The normalized spacial score (nSPS) is 12.0. The number of rotatable bonds is 1. The maximum absolute atomic E-state index is 11.7. The first-order chi connectivity index (χ1) is 4.99. The summed E-state index contributed by atoms with van der Waals surface area (Å²) in [5.74, 6) is 0. The number of thioether (sulfide) groups is 1. The minimum atomic E-state index is -4.25. The van der Waals surface area contributed by atoms with E-state index in [1.807, 2.05) is 0 Å². The molecule has 1 aromatic heterocycles. The summed E-state index contributed by atoms with van der Waals surface area (Å²) in [7, 11) is 1.51. The topological polar surface area (TPSA) is 17.8 Å². The largest absolute Gasteiger partial charge is 0.449 e. The highest BCUT2D eigenvalue weighted by Gasteiger charge is 2.31. The number of aryl methyl sites for hydroxylation is 1. The van der Waals surface area contributed by atoms with E-state index in [1.54, 1.807) is 0 Å². The number of halogens is 3. The predicted octanol–water partition coefficient (Wildman–Crippen LogP) is 2.03. The molecule has 1 aromatic rings. The molecule has 0 aliphatic heterocycles. The average molecular weight is 182 g/mol. The fourth-order valence-electron chi connectivity index (χ4n) is 0.554. The Labute approximate surface area is 65.4 Å². The Morgan fingerprint density at radius 3 is 2.55 bits per heavy atom. The molecule has 0 bridgehead atoms. The van der Waals surface area contributed by atoms with Crippen molar-refractivity contribution in [3.63, 3.8) is 0 Å². The smallest absolute Gasteiger partial charge is 0.329 e. The third-order valence-corrected chi connectivity index (χ3v) is 1.79. The Morgan fingerprint density at radius 1 is 1.55 bits per heavy atom. The molecule has 0 amide bonds. The van der Waals surface area contributed by atoms with Crippen LogP contribution in [0.4, 0.5) is 13.2 Å². The molecule has 0 fully saturated rings. The van der Waals surface area contributed by atoms with Crippen LogP contribution in [-0.4, -0.2) is 15.1 Å². The lowest BCUT2D eigenvalue weighted by Crippen LogP contribution is -2.02. The Balaban J connectivity index is 2.72. The van der Waals surface area contributed by atoms with Gasteiger partial charge in [0.25, 0.3) is 0 Å². The van der Waals surface area contributed by atoms with Gasteiger partial charge in [0, 0.05) is 31.2 Å². The van der Waals surface area contributed by atoms with Gasteiger partial charge in [-0.25, -0.2) is 4.98 Å². The van der Waals surface area contributed by atoms with Crippen molar-refractivity contribution >= 4 is 11.8 Å². The molecule has 0 spiro atoms. The molecule has 62 valence electrons. The first-order valence-corrected chi connectivity index (χ1v) is 3.54. The van der Waals surface area contributed by atoms with Crippen LogP contribution in [0.1, 0.15) is 0 Å². The third kappa shape index (κ3) is 2.45. The lowest BCUT2D eigenvalue weighted by atomic mass is 10.9. The predicted molar refractivity (Wildman–Crippen MR) is 35.1 cm³/mol. The van der Waals surface area contributed by atoms with Gasteiger partial charge in [-0.05, 0) is 0 Å². The Kier molecular flexibility index (Phi) is 2.12. The highest BCUT2D eigenvalue weighted by molar-refractivity contribution is 8.00. The van der Waals surface area contributed by atoms with E-state index in [4.69, 9.17) is 0 Å². The van der Waals surface area contributed by atoms with Crippen molar-refractivity contribution in [1.82, 2.24) is 9.55 Å². The molecular formula is C5H5F3N2S. The number of hydrogen-bond donors (Lipinski definition) is 0. The molecule has 11 heavy (non-hydrogen) atoms. The summed E-state index contributed by atoms with van der Waals surface area (Å²) in [5, 5.41) is -0.0440. The molecule has 1 heterocycles. The van der Waals surface area contributed by atoms with Crippen LogP contribution < -0.4 is 0 Å². The zero-order valence-electron chi connectivity index (χ0n) is 5.59. The molecule has 0 saturated carbocycles. The van der Waals surface area contributed by atoms with Gasteiger partial charge in [-0.3, -0.25) is 0 Å². The summed E-state index contributed by atoms with van der Waals surface area (Å²) in [4.78, 5) is 3.51. The van der Waals surface area contributed by atoms with Crippen molar-refractivity contribution in [2.45, 2.75) is 10.7 Å². The van der Waals surface area contributed by atoms with E-state index in [1.165, 1.54) is 24.0 Å². The van der Waals surface area contributed by atoms with Crippen molar-refractivity contribution in [1.29, 1.82) is 0 Å². The van der Waals surface area contributed by atoms with E-state index in [2.05, 4.69) is 4.98 Å². The third-order valence-electron chi connectivity index (χ3n) is 0.984. The number of nitrogens with zero attached hydrogens (tertiary/aromatic N) is 2. The standard InChI is InChI=1S/C5H5F3N2S/c1-10-3-2-9-4(10)11-5(6,7)8/h2-3H,1H3. The van der Waals surface area contributed by atoms with E-state index in [0.717, 1.165) is 0 Å². The van der Waals surface area contributed by atoms with Gasteiger partial charge in [0.2, 0.25) is 0 Å². The van der Waals surface area contributed by atoms with E-state index in [-0.39, 0.29) is 16.9 Å². The maximum atomic E-state index is 11.7. The van der Waals surface area contributed by atoms with Crippen molar-refractivity contribution in [2.24, 2.45) is 7.05 Å². The van der Waals surface area contributed by atoms with Crippen molar-refractivity contribution < 1.29 is 13.2 Å². The van der Waals surface area contributed by atoms with Gasteiger partial charge in [0.1, 0.15) is 0 Å². The summed E-state index contributed by atoms with van der Waals surface area (Å²) < 4.78 is 36.4. The summed E-state index contributed by atoms with van der Waals surface area (Å²) >= 11 is -0.214. The van der Waals surface area contributed by atoms with E-state index < -0.39 is 5.51 Å². The summed E-state index contributed by atoms with van der Waals surface area (Å²) in [5.41, 5.74) is -4.25. The number of hydrogen-bond acceptors (Lipinski definition) is 2. The molecule has 0 N–H and O–H groups in total. The van der Waals surface area contributed by atoms with E-state index in [0.29, 0.717) is 0 Å². The minimum absolute atomic E-state index is 0.0440. The highest BCUT2D eigenvalue weighted by atomic mass is 32.2. The van der Waals surface area contributed by atoms with Gasteiger partial charge < -0.3 is 4.57 Å². The quantitative estimate of drug-likeness (QED) is 0.618. The molecule has 0 aromatic carbocycles. The van der Waals surface area contributed by atoms with Crippen molar-refractivity contribution in [3.05, 3.63) is 12.4 Å². The van der Waals surface area contributed by atoms with Gasteiger partial charge in [-0.2, -0.15) is 13.2 Å². The molecule has 0 atom stereocenters. The van der Waals surface area contributed by atoms with Gasteiger partial charge >= 0.3 is 5.51 Å². The zero-order valence-corrected chi connectivity index (χ0v) is 6.41. The zero-order chi connectivity index (χ0) is 8.48. The lowest BCUT2D eigenvalue weighted by Gasteiger charge is -2.03. The second-order valence-electron chi connectivity index (χ2n) is 1.87. The van der Waals surface area contributed by atoms with Gasteiger partial charge in [-0.1, -0.05) is 0 Å². The fourth-order valence-corrected chi connectivity index (χ4v) is 1.08. The van der Waals surface area contributed by atoms with Crippen LogP contribution >= 0.6 is 11.8 Å². The van der Waals surface area contributed by atoms with Crippen molar-refractivity contribution in [3.8, 4) is 0 Å². The molecule has 6 heteroatoms. The molecule has 0 saturated heterocycles. The van der Waals surface area contributed by atoms with Crippen LogP contribution in [0.2, 0.25) is 0 Å². The second kappa shape index (κ2) is 2.77. The van der Waals surface area contributed by atoms with Crippen LogP contribution in [0.5, 0.6) is 0 Å². The molecule has 0 aliphatic carbocycles. The van der Waals surface area contributed by atoms with Gasteiger partial charge in [0.05, 0.1) is 0 Å². The molecule has 0 radical (unpaired) electrons. The van der Waals surface area contributed by atoms with Crippen LogP contribution in [0.25, 0.3) is 0 Å². The van der Waals surface area contributed by atoms with Gasteiger partial charge in [0.15, 0.2) is 5.16 Å². The summed E-state index contributed by atoms with van der Waals surface area (Å²) in [6.07, 6.45) is 2.79. The Bertz CT molecular complexity index is 242. The fraction of sp³-hybridized carbons (Fsp3) is 0.400. The monoisotopic (exact) mass is 182 g/mol. The SMILES string of the molecule is Cn1ccnc1SC(F)(F)F. The molecule has 1 rings (SSSR count). The first kappa shape index (κ1) is 8.45. The first-order valence-electron chi connectivity index (χ1n) is 2.72. The summed E-state index contributed by atoms with van der Waals surface area (Å²) in [6, 6.07) is 0. The lowest BCUT2D eigenvalue weighted by molar-refractivity contribution is -0.0331. The molecule has 0 unspecified atom stereocenters.